The van der Waals surface area contributed by atoms with Crippen molar-refractivity contribution in [2.75, 3.05) is 12.4 Å². The Morgan fingerprint density at radius 1 is 1.05 bits per heavy atom. The van der Waals surface area contributed by atoms with Gasteiger partial charge in [0.1, 0.15) is 11.4 Å². The highest BCUT2D eigenvalue weighted by atomic mass is 16.5. The maximum absolute atomic E-state index is 13.5. The van der Waals surface area contributed by atoms with Gasteiger partial charge in [-0.2, -0.15) is 5.10 Å². The number of carbonyl (C=O) groups excluding carboxylic acids is 1. The molecular weight excluding hydrogens is 466 g/mol. The first-order valence-electron chi connectivity index (χ1n) is 12.8. The predicted octanol–water partition coefficient (Wildman–Crippen LogP) is 6.36. The van der Waals surface area contributed by atoms with Gasteiger partial charge in [-0.05, 0) is 69.2 Å². The molecule has 37 heavy (non-hydrogen) atoms. The zero-order valence-electron chi connectivity index (χ0n) is 21.4. The molecule has 0 unspecified atom stereocenters. The quantitative estimate of drug-likeness (QED) is 0.285. The fourth-order valence-corrected chi connectivity index (χ4v) is 5.02. The van der Waals surface area contributed by atoms with E-state index in [4.69, 9.17) is 9.47 Å². The molecule has 4 aromatic rings. The van der Waals surface area contributed by atoms with Crippen LogP contribution in [0.4, 0.5) is 11.4 Å². The first-order valence-corrected chi connectivity index (χ1v) is 12.8. The summed E-state index contributed by atoms with van der Waals surface area (Å²) in [5, 5.41) is 9.91. The summed E-state index contributed by atoms with van der Waals surface area (Å²) >= 11 is 0. The van der Waals surface area contributed by atoms with Crippen molar-refractivity contribution in [3.63, 3.8) is 0 Å². The molecule has 1 fully saturated rings. The van der Waals surface area contributed by atoms with Crippen LogP contribution in [-0.2, 0) is 6.54 Å². The van der Waals surface area contributed by atoms with Gasteiger partial charge in [0.05, 0.1) is 18.8 Å². The second kappa shape index (κ2) is 10.5. The summed E-state index contributed by atoms with van der Waals surface area (Å²) in [4.78, 5) is 26.6. The number of hydrogen-bond donors (Lipinski definition) is 1. The molecule has 1 aromatic heterocycles. The van der Waals surface area contributed by atoms with Crippen molar-refractivity contribution in [2.24, 2.45) is 0 Å². The van der Waals surface area contributed by atoms with Gasteiger partial charge in [0.15, 0.2) is 17.3 Å². The van der Waals surface area contributed by atoms with Gasteiger partial charge in [0.25, 0.3) is 5.56 Å². The number of aromatic nitrogens is 2. The molecule has 1 saturated carbocycles. The van der Waals surface area contributed by atoms with Gasteiger partial charge in [-0.25, -0.2) is 4.68 Å². The zero-order valence-corrected chi connectivity index (χ0v) is 21.4. The number of ketones is 1. The van der Waals surface area contributed by atoms with E-state index in [1.54, 1.807) is 7.11 Å². The number of Topliss-reactive ketones (excluding diaryl/α,β-unsaturated/α-hetero) is 1. The number of carbonyl (C=O) groups is 1. The third-order valence-electron chi connectivity index (χ3n) is 6.89. The van der Waals surface area contributed by atoms with Gasteiger partial charge < -0.3 is 14.8 Å². The second-order valence-electron chi connectivity index (χ2n) is 9.32. The van der Waals surface area contributed by atoms with Crippen LogP contribution < -0.4 is 20.3 Å². The Hall–Kier alpha value is -4.13. The standard InChI is InChI=1S/C30H31N3O4/c1-4-33-30(35)29(31-24-15-9-11-20-10-5-8-14-23(20)24)27(19(2)34)28(32-33)21-16-17-25(36-3)26(18-21)37-22-12-6-7-13-22/h5,8-11,14-18,22,31H,4,6-7,12-13H2,1-3H3. The van der Waals surface area contributed by atoms with Crippen LogP contribution in [-0.4, -0.2) is 28.8 Å². The van der Waals surface area contributed by atoms with Gasteiger partial charge in [0, 0.05) is 23.2 Å². The van der Waals surface area contributed by atoms with Crippen LogP contribution in [0.15, 0.2) is 65.5 Å². The largest absolute Gasteiger partial charge is 0.493 e. The van der Waals surface area contributed by atoms with E-state index in [1.165, 1.54) is 11.6 Å². The fourth-order valence-electron chi connectivity index (χ4n) is 5.02. The molecule has 7 heteroatoms. The number of aryl methyl sites for hydroxylation is 1. The van der Waals surface area contributed by atoms with Crippen LogP contribution in [0.25, 0.3) is 22.0 Å². The Bertz CT molecular complexity index is 1510. The molecule has 0 atom stereocenters. The summed E-state index contributed by atoms with van der Waals surface area (Å²) in [5.41, 5.74) is 1.97. The fraction of sp³-hybridized carbons (Fsp3) is 0.300. The molecule has 0 spiro atoms. The average molecular weight is 498 g/mol. The first-order chi connectivity index (χ1) is 18.0. The third-order valence-corrected chi connectivity index (χ3v) is 6.89. The number of ether oxygens (including phenoxy) is 2. The molecule has 5 rings (SSSR count). The Balaban J connectivity index is 1.67. The monoisotopic (exact) mass is 497 g/mol. The van der Waals surface area contributed by atoms with Gasteiger partial charge in [-0.1, -0.05) is 36.4 Å². The molecule has 190 valence electrons. The van der Waals surface area contributed by atoms with Crippen molar-refractivity contribution in [3.05, 3.63) is 76.6 Å². The molecule has 0 radical (unpaired) electrons. The average Bonchev–Trinajstić information content (AvgIpc) is 3.42. The SMILES string of the molecule is CCn1nc(-c2ccc(OC)c(OC3CCCC3)c2)c(C(C)=O)c(Nc2cccc3ccccc23)c1=O. The van der Waals surface area contributed by atoms with Crippen molar-refractivity contribution < 1.29 is 14.3 Å². The number of methoxy groups -OCH3 is 1. The lowest BCUT2D eigenvalue weighted by Crippen LogP contribution is -2.28. The number of nitrogens with zero attached hydrogens (tertiary/aromatic N) is 2. The Labute approximate surface area is 216 Å². The smallest absolute Gasteiger partial charge is 0.291 e. The Morgan fingerprint density at radius 3 is 2.54 bits per heavy atom. The number of benzene rings is 3. The molecule has 0 aliphatic heterocycles. The molecule has 1 heterocycles. The lowest BCUT2D eigenvalue weighted by Gasteiger charge is -2.19. The number of fused-ring (bicyclic) bond motifs is 1. The van der Waals surface area contributed by atoms with Crippen molar-refractivity contribution in [1.29, 1.82) is 0 Å². The van der Waals surface area contributed by atoms with E-state index in [9.17, 15) is 9.59 Å². The molecule has 1 aliphatic carbocycles. The summed E-state index contributed by atoms with van der Waals surface area (Å²) in [6, 6.07) is 19.3. The zero-order chi connectivity index (χ0) is 25.9. The number of hydrogen-bond acceptors (Lipinski definition) is 6. The van der Waals surface area contributed by atoms with E-state index >= 15 is 0 Å². The van der Waals surface area contributed by atoms with E-state index in [-0.39, 0.29) is 28.7 Å². The minimum absolute atomic E-state index is 0.137. The van der Waals surface area contributed by atoms with Gasteiger partial charge in [0.2, 0.25) is 0 Å². The van der Waals surface area contributed by atoms with Gasteiger partial charge in [-0.3, -0.25) is 9.59 Å². The lowest BCUT2D eigenvalue weighted by atomic mass is 10.0. The van der Waals surface area contributed by atoms with Crippen molar-refractivity contribution in [2.45, 2.75) is 52.2 Å². The molecule has 3 aromatic carbocycles. The number of anilines is 2. The van der Waals surface area contributed by atoms with Gasteiger partial charge in [-0.15, -0.1) is 0 Å². The van der Waals surface area contributed by atoms with Crippen LogP contribution in [0, 0.1) is 0 Å². The normalized spacial score (nSPS) is 13.6. The van der Waals surface area contributed by atoms with Gasteiger partial charge >= 0.3 is 0 Å². The van der Waals surface area contributed by atoms with Crippen molar-refractivity contribution >= 4 is 27.9 Å². The summed E-state index contributed by atoms with van der Waals surface area (Å²) in [6.07, 6.45) is 4.44. The lowest BCUT2D eigenvalue weighted by molar-refractivity contribution is 0.101. The van der Waals surface area contributed by atoms with Crippen LogP contribution in [0.3, 0.4) is 0 Å². The Morgan fingerprint density at radius 2 is 1.81 bits per heavy atom. The van der Waals surface area contributed by atoms with Crippen molar-refractivity contribution in [3.8, 4) is 22.8 Å². The molecule has 1 aliphatic rings. The predicted molar refractivity (Wildman–Crippen MR) is 146 cm³/mol. The molecule has 7 nitrogen and oxygen atoms in total. The molecular formula is C30H31N3O4. The topological polar surface area (TPSA) is 82.4 Å². The highest BCUT2D eigenvalue weighted by Crippen LogP contribution is 2.37. The van der Waals surface area contributed by atoms with Crippen LogP contribution in [0.1, 0.15) is 49.9 Å². The van der Waals surface area contributed by atoms with E-state index < -0.39 is 0 Å². The van der Waals surface area contributed by atoms with E-state index in [0.717, 1.165) is 42.1 Å². The maximum atomic E-state index is 13.5. The number of nitrogens with one attached hydrogen (secondary N) is 1. The minimum Gasteiger partial charge on any atom is -0.493 e. The molecule has 0 bridgehead atoms. The van der Waals surface area contributed by atoms with Crippen LogP contribution in [0.2, 0.25) is 0 Å². The first kappa shape index (κ1) is 24.6. The van der Waals surface area contributed by atoms with E-state index in [0.29, 0.717) is 29.3 Å². The maximum Gasteiger partial charge on any atom is 0.291 e. The van der Waals surface area contributed by atoms with Crippen LogP contribution >= 0.6 is 0 Å². The molecule has 0 amide bonds. The molecule has 0 saturated heterocycles. The second-order valence-corrected chi connectivity index (χ2v) is 9.32. The summed E-state index contributed by atoms with van der Waals surface area (Å²) < 4.78 is 13.2. The van der Waals surface area contributed by atoms with Crippen molar-refractivity contribution in [1.82, 2.24) is 9.78 Å². The highest BCUT2D eigenvalue weighted by molar-refractivity contribution is 6.06. The van der Waals surface area contributed by atoms with E-state index in [2.05, 4.69) is 10.4 Å². The van der Waals surface area contributed by atoms with Crippen LogP contribution in [0.5, 0.6) is 11.5 Å². The Kier molecular flexibility index (Phi) is 6.95. The summed E-state index contributed by atoms with van der Waals surface area (Å²) in [7, 11) is 1.61. The minimum atomic E-state index is -0.347. The summed E-state index contributed by atoms with van der Waals surface area (Å²) in [6.45, 7) is 3.68. The third kappa shape index (κ3) is 4.81. The van der Waals surface area contributed by atoms with E-state index in [1.807, 2.05) is 67.6 Å². The molecule has 1 N–H and O–H groups in total. The summed E-state index contributed by atoms with van der Waals surface area (Å²) in [5.74, 6) is 0.985. The highest BCUT2D eigenvalue weighted by Gasteiger charge is 2.24. The number of rotatable bonds is 8.